The van der Waals surface area contributed by atoms with Crippen LogP contribution in [0.3, 0.4) is 0 Å². The molecule has 1 atom stereocenters. The van der Waals surface area contributed by atoms with Gasteiger partial charge in [-0.15, -0.1) is 0 Å². The molecule has 1 saturated heterocycles. The summed E-state index contributed by atoms with van der Waals surface area (Å²) in [6.07, 6.45) is 4.21. The number of hydrogen-bond donors (Lipinski definition) is 1. The van der Waals surface area contributed by atoms with E-state index in [0.29, 0.717) is 5.92 Å². The summed E-state index contributed by atoms with van der Waals surface area (Å²) in [5.74, 6) is 1.42. The number of nitrogens with one attached hydrogen (secondary N) is 1. The standard InChI is InChI=1S/C21H27N3O2/c1-16-12-21(9-10-22-16)26-15-19-4-3-11-24(14-19)13-18-5-7-20(8-6-18)23-17(2)25/h5-10,12,19H,3-4,11,13-15H2,1-2H3,(H,23,25). The summed E-state index contributed by atoms with van der Waals surface area (Å²) in [5.41, 5.74) is 3.10. The molecular formula is C21H27N3O2. The second kappa shape index (κ2) is 8.81. The monoisotopic (exact) mass is 353 g/mol. The van der Waals surface area contributed by atoms with Crippen LogP contribution in [0, 0.1) is 12.8 Å². The van der Waals surface area contributed by atoms with Crippen LogP contribution in [0.2, 0.25) is 0 Å². The maximum absolute atomic E-state index is 11.1. The number of aryl methyl sites for hydroxylation is 1. The van der Waals surface area contributed by atoms with Crippen LogP contribution in [0.1, 0.15) is 31.0 Å². The second-order valence-corrected chi connectivity index (χ2v) is 7.07. The fourth-order valence-corrected chi connectivity index (χ4v) is 3.41. The van der Waals surface area contributed by atoms with Crippen LogP contribution in [-0.2, 0) is 11.3 Å². The molecule has 0 spiro atoms. The maximum atomic E-state index is 11.1. The molecular weight excluding hydrogens is 326 g/mol. The molecule has 1 fully saturated rings. The number of rotatable bonds is 6. The molecule has 3 rings (SSSR count). The number of piperidine rings is 1. The quantitative estimate of drug-likeness (QED) is 0.861. The van der Waals surface area contributed by atoms with Crippen LogP contribution in [-0.4, -0.2) is 35.5 Å². The number of hydrogen-bond acceptors (Lipinski definition) is 4. The summed E-state index contributed by atoms with van der Waals surface area (Å²) in [5, 5.41) is 2.81. The highest BCUT2D eigenvalue weighted by Crippen LogP contribution is 2.21. The average molecular weight is 353 g/mol. The van der Waals surface area contributed by atoms with Crippen LogP contribution in [0.25, 0.3) is 0 Å². The Bertz CT molecular complexity index is 730. The Morgan fingerprint density at radius 1 is 1.31 bits per heavy atom. The Kier molecular flexibility index (Phi) is 6.23. The van der Waals surface area contributed by atoms with Gasteiger partial charge in [-0.25, -0.2) is 0 Å². The van der Waals surface area contributed by atoms with Crippen LogP contribution in [0.5, 0.6) is 5.75 Å². The minimum absolute atomic E-state index is 0.0407. The Balaban J connectivity index is 1.49. The summed E-state index contributed by atoms with van der Waals surface area (Å²) >= 11 is 0. The number of aromatic nitrogens is 1. The highest BCUT2D eigenvalue weighted by Gasteiger charge is 2.20. The first-order valence-corrected chi connectivity index (χ1v) is 9.23. The molecule has 0 aliphatic carbocycles. The third-order valence-corrected chi connectivity index (χ3v) is 4.64. The average Bonchev–Trinajstić information content (AvgIpc) is 2.62. The third-order valence-electron chi connectivity index (χ3n) is 4.64. The van der Waals surface area contributed by atoms with E-state index in [1.807, 2.05) is 31.2 Å². The summed E-state index contributed by atoms with van der Waals surface area (Å²) in [6, 6.07) is 12.0. The van der Waals surface area contributed by atoms with Crippen molar-refractivity contribution in [2.75, 3.05) is 25.0 Å². The van der Waals surface area contributed by atoms with Crippen molar-refractivity contribution in [3.8, 4) is 5.75 Å². The maximum Gasteiger partial charge on any atom is 0.221 e. The van der Waals surface area contributed by atoms with Gasteiger partial charge in [-0.2, -0.15) is 0 Å². The molecule has 1 N–H and O–H groups in total. The van der Waals surface area contributed by atoms with Crippen LogP contribution < -0.4 is 10.1 Å². The molecule has 5 nitrogen and oxygen atoms in total. The van der Waals surface area contributed by atoms with Crippen LogP contribution in [0.4, 0.5) is 5.69 Å². The molecule has 26 heavy (non-hydrogen) atoms. The van der Waals surface area contributed by atoms with Gasteiger partial charge in [-0.05, 0) is 50.1 Å². The van der Waals surface area contributed by atoms with Crippen LogP contribution >= 0.6 is 0 Å². The number of carbonyl (C=O) groups is 1. The fraction of sp³-hybridized carbons (Fsp3) is 0.429. The summed E-state index contributed by atoms with van der Waals surface area (Å²) < 4.78 is 5.97. The number of anilines is 1. The number of ether oxygens (including phenoxy) is 1. The van der Waals surface area contributed by atoms with E-state index in [2.05, 4.69) is 27.3 Å². The van der Waals surface area contributed by atoms with Gasteiger partial charge in [-0.3, -0.25) is 14.7 Å². The zero-order valence-electron chi connectivity index (χ0n) is 15.6. The first kappa shape index (κ1) is 18.4. The first-order valence-electron chi connectivity index (χ1n) is 9.23. The molecule has 1 aromatic heterocycles. The number of pyridine rings is 1. The Morgan fingerprint density at radius 3 is 2.85 bits per heavy atom. The van der Waals surface area contributed by atoms with Gasteiger partial charge in [0.25, 0.3) is 0 Å². The Labute approximate surface area is 155 Å². The van der Waals surface area contributed by atoms with Gasteiger partial charge < -0.3 is 10.1 Å². The number of benzene rings is 1. The number of likely N-dealkylation sites (tertiary alicyclic amines) is 1. The number of carbonyl (C=O) groups excluding carboxylic acids is 1. The van der Waals surface area contributed by atoms with Gasteiger partial charge in [0.15, 0.2) is 0 Å². The second-order valence-electron chi connectivity index (χ2n) is 7.07. The van der Waals surface area contributed by atoms with Crippen molar-refractivity contribution >= 4 is 11.6 Å². The molecule has 1 amide bonds. The van der Waals surface area contributed by atoms with E-state index in [1.165, 1.54) is 25.3 Å². The van der Waals surface area contributed by atoms with Gasteiger partial charge in [-0.1, -0.05) is 12.1 Å². The highest BCUT2D eigenvalue weighted by molar-refractivity contribution is 5.88. The topological polar surface area (TPSA) is 54.5 Å². The Hall–Kier alpha value is -2.40. The smallest absolute Gasteiger partial charge is 0.221 e. The summed E-state index contributed by atoms with van der Waals surface area (Å²) in [6.45, 7) is 7.37. The van der Waals surface area contributed by atoms with Crippen molar-refractivity contribution in [2.45, 2.75) is 33.2 Å². The molecule has 0 saturated carbocycles. The van der Waals surface area contributed by atoms with Crippen molar-refractivity contribution in [2.24, 2.45) is 5.92 Å². The van der Waals surface area contributed by atoms with Gasteiger partial charge in [0.2, 0.25) is 5.91 Å². The van der Waals surface area contributed by atoms with Crippen molar-refractivity contribution in [1.82, 2.24) is 9.88 Å². The third kappa shape index (κ3) is 5.56. The van der Waals surface area contributed by atoms with Crippen molar-refractivity contribution in [3.63, 3.8) is 0 Å². The molecule has 0 bridgehead atoms. The van der Waals surface area contributed by atoms with Gasteiger partial charge in [0.05, 0.1) is 6.61 Å². The number of amides is 1. The van der Waals surface area contributed by atoms with E-state index in [0.717, 1.165) is 43.4 Å². The van der Waals surface area contributed by atoms with Crippen molar-refractivity contribution in [3.05, 3.63) is 53.9 Å². The molecule has 1 aliphatic heterocycles. The molecule has 1 aliphatic rings. The zero-order chi connectivity index (χ0) is 18.4. The van der Waals surface area contributed by atoms with E-state index in [1.54, 1.807) is 6.20 Å². The zero-order valence-corrected chi connectivity index (χ0v) is 15.6. The van der Waals surface area contributed by atoms with E-state index < -0.39 is 0 Å². The lowest BCUT2D eigenvalue weighted by Gasteiger charge is -2.32. The molecule has 5 heteroatoms. The molecule has 2 aromatic rings. The first-order chi connectivity index (χ1) is 12.6. The molecule has 0 radical (unpaired) electrons. The van der Waals surface area contributed by atoms with Gasteiger partial charge in [0.1, 0.15) is 5.75 Å². The van der Waals surface area contributed by atoms with Gasteiger partial charge in [0, 0.05) is 49.6 Å². The largest absolute Gasteiger partial charge is 0.493 e. The normalized spacial score (nSPS) is 17.7. The summed E-state index contributed by atoms with van der Waals surface area (Å²) in [4.78, 5) is 17.8. The van der Waals surface area contributed by atoms with E-state index in [9.17, 15) is 4.79 Å². The van der Waals surface area contributed by atoms with E-state index in [-0.39, 0.29) is 5.91 Å². The fourth-order valence-electron chi connectivity index (χ4n) is 3.41. The molecule has 1 aromatic carbocycles. The SMILES string of the molecule is CC(=O)Nc1ccc(CN2CCCC(COc3ccnc(C)c3)C2)cc1. The van der Waals surface area contributed by atoms with E-state index >= 15 is 0 Å². The lowest BCUT2D eigenvalue weighted by Crippen LogP contribution is -2.37. The lowest BCUT2D eigenvalue weighted by molar-refractivity contribution is -0.114. The molecule has 138 valence electrons. The minimum atomic E-state index is -0.0407. The molecule has 1 unspecified atom stereocenters. The lowest BCUT2D eigenvalue weighted by atomic mass is 9.98. The summed E-state index contributed by atoms with van der Waals surface area (Å²) in [7, 11) is 0. The van der Waals surface area contributed by atoms with E-state index in [4.69, 9.17) is 4.74 Å². The van der Waals surface area contributed by atoms with Crippen LogP contribution in [0.15, 0.2) is 42.6 Å². The van der Waals surface area contributed by atoms with Gasteiger partial charge >= 0.3 is 0 Å². The predicted molar refractivity (Wildman–Crippen MR) is 103 cm³/mol. The predicted octanol–water partition coefficient (Wildman–Crippen LogP) is 3.64. The number of nitrogens with zero attached hydrogens (tertiary/aromatic N) is 2. The molecule has 2 heterocycles. The highest BCUT2D eigenvalue weighted by atomic mass is 16.5. The van der Waals surface area contributed by atoms with Crippen molar-refractivity contribution < 1.29 is 9.53 Å². The minimum Gasteiger partial charge on any atom is -0.493 e. The Morgan fingerprint density at radius 2 is 2.12 bits per heavy atom. The van der Waals surface area contributed by atoms with Crippen molar-refractivity contribution in [1.29, 1.82) is 0 Å².